The summed E-state index contributed by atoms with van der Waals surface area (Å²) >= 11 is 0. The van der Waals surface area contributed by atoms with Crippen LogP contribution in [0.15, 0.2) is 47.5 Å². The van der Waals surface area contributed by atoms with Gasteiger partial charge in [-0.05, 0) is 62.1 Å². The van der Waals surface area contributed by atoms with E-state index in [2.05, 4.69) is 29.0 Å². The van der Waals surface area contributed by atoms with Gasteiger partial charge in [0.1, 0.15) is 5.82 Å². The number of anilines is 2. The second-order valence-electron chi connectivity index (χ2n) is 7.48. The molecule has 2 aromatic rings. The van der Waals surface area contributed by atoms with E-state index in [1.165, 1.54) is 16.4 Å². The highest BCUT2D eigenvalue weighted by atomic mass is 32.2. The third-order valence-electron chi connectivity index (χ3n) is 5.14. The van der Waals surface area contributed by atoms with Crippen LogP contribution in [0.25, 0.3) is 0 Å². The fourth-order valence-corrected chi connectivity index (χ4v) is 5.10. The van der Waals surface area contributed by atoms with E-state index in [4.69, 9.17) is 0 Å². The van der Waals surface area contributed by atoms with E-state index in [0.717, 1.165) is 44.6 Å². The molecule has 1 aromatic carbocycles. The van der Waals surface area contributed by atoms with E-state index in [-0.39, 0.29) is 10.8 Å². The lowest BCUT2D eigenvalue weighted by molar-refractivity contribution is 0.102. The van der Waals surface area contributed by atoms with Gasteiger partial charge in [0.2, 0.25) is 10.0 Å². The molecule has 162 valence electrons. The third-order valence-corrected chi connectivity index (χ3v) is 7.05. The summed E-state index contributed by atoms with van der Waals surface area (Å²) in [6, 6.07) is 9.83. The maximum Gasteiger partial charge on any atom is 0.255 e. The molecule has 0 aliphatic carbocycles. The van der Waals surface area contributed by atoms with Crippen molar-refractivity contribution in [1.82, 2.24) is 9.29 Å². The lowest BCUT2D eigenvalue weighted by Crippen LogP contribution is -2.27. The van der Waals surface area contributed by atoms with Crippen molar-refractivity contribution in [3.05, 3.63) is 48.2 Å². The van der Waals surface area contributed by atoms with Gasteiger partial charge >= 0.3 is 0 Å². The zero-order chi connectivity index (χ0) is 21.6. The Hall–Kier alpha value is -2.45. The fourth-order valence-electron chi connectivity index (χ4n) is 3.59. The van der Waals surface area contributed by atoms with Crippen LogP contribution in [0.2, 0.25) is 0 Å². The van der Waals surface area contributed by atoms with Crippen molar-refractivity contribution >= 4 is 27.4 Å². The summed E-state index contributed by atoms with van der Waals surface area (Å²) in [5.74, 6) is 0.599. The minimum atomic E-state index is -3.48. The molecule has 0 radical (unpaired) electrons. The number of benzene rings is 1. The number of pyridine rings is 1. The Labute approximate surface area is 179 Å². The second-order valence-corrected chi connectivity index (χ2v) is 9.42. The van der Waals surface area contributed by atoms with Crippen LogP contribution in [0, 0.1) is 0 Å². The molecule has 1 saturated heterocycles. The van der Waals surface area contributed by atoms with Gasteiger partial charge in [-0.2, -0.15) is 4.31 Å². The second kappa shape index (κ2) is 10.0. The Bertz CT molecular complexity index is 931. The molecule has 0 saturated carbocycles. The number of aromatic nitrogens is 1. The number of nitrogens with zero attached hydrogens (tertiary/aromatic N) is 3. The van der Waals surface area contributed by atoms with Gasteiger partial charge in [0.25, 0.3) is 5.91 Å². The van der Waals surface area contributed by atoms with Crippen LogP contribution in [0.5, 0.6) is 0 Å². The van der Waals surface area contributed by atoms with Gasteiger partial charge < -0.3 is 10.2 Å². The fraction of sp³-hybridized carbons (Fsp3) is 0.455. The summed E-state index contributed by atoms with van der Waals surface area (Å²) < 4.78 is 26.7. The number of nitrogens with one attached hydrogen (secondary N) is 1. The highest BCUT2D eigenvalue weighted by Gasteiger charge is 2.27. The van der Waals surface area contributed by atoms with Gasteiger partial charge in [0.05, 0.1) is 16.8 Å². The minimum Gasteiger partial charge on any atom is -0.357 e. The van der Waals surface area contributed by atoms with Crippen molar-refractivity contribution in [2.24, 2.45) is 0 Å². The molecule has 1 amide bonds. The molecule has 8 heteroatoms. The zero-order valence-electron chi connectivity index (χ0n) is 17.7. The summed E-state index contributed by atoms with van der Waals surface area (Å²) in [6.45, 7) is 7.28. The predicted octanol–water partition coefficient (Wildman–Crippen LogP) is 3.74. The molecule has 1 fully saturated rings. The monoisotopic (exact) mass is 430 g/mol. The molecule has 0 bridgehead atoms. The number of hydrogen-bond acceptors (Lipinski definition) is 5. The summed E-state index contributed by atoms with van der Waals surface area (Å²) in [4.78, 5) is 19.5. The summed E-state index contributed by atoms with van der Waals surface area (Å²) in [5.41, 5.74) is 1.00. The van der Waals surface area contributed by atoms with Crippen molar-refractivity contribution in [3.8, 4) is 0 Å². The lowest BCUT2D eigenvalue weighted by atomic mass is 10.2. The third kappa shape index (κ3) is 5.17. The molecule has 1 aliphatic rings. The van der Waals surface area contributed by atoms with Crippen molar-refractivity contribution in [2.45, 2.75) is 44.4 Å². The van der Waals surface area contributed by atoms with Gasteiger partial charge in [-0.3, -0.25) is 4.79 Å². The molecule has 0 atom stereocenters. The van der Waals surface area contributed by atoms with Crippen molar-refractivity contribution < 1.29 is 13.2 Å². The van der Waals surface area contributed by atoms with E-state index >= 15 is 0 Å². The smallest absolute Gasteiger partial charge is 0.255 e. The molecule has 0 spiro atoms. The van der Waals surface area contributed by atoms with Gasteiger partial charge in [-0.25, -0.2) is 13.4 Å². The average Bonchev–Trinajstić information content (AvgIpc) is 3.30. The molecule has 30 heavy (non-hydrogen) atoms. The van der Waals surface area contributed by atoms with Crippen molar-refractivity contribution in [3.63, 3.8) is 0 Å². The SMILES string of the molecule is CCCN(CCC)c1ccc(NC(=O)c2ccc(S(=O)(=O)N3CCCC3)cc2)cn1. The van der Waals surface area contributed by atoms with Crippen LogP contribution < -0.4 is 10.2 Å². The highest BCUT2D eigenvalue weighted by Crippen LogP contribution is 2.21. The van der Waals surface area contributed by atoms with Gasteiger partial charge in [-0.1, -0.05) is 13.8 Å². The number of amides is 1. The first kappa shape index (κ1) is 22.2. The van der Waals surface area contributed by atoms with E-state index in [1.54, 1.807) is 18.3 Å². The highest BCUT2D eigenvalue weighted by molar-refractivity contribution is 7.89. The van der Waals surface area contributed by atoms with Crippen molar-refractivity contribution in [2.75, 3.05) is 36.4 Å². The first-order valence-corrected chi connectivity index (χ1v) is 12.0. The standard InChI is InChI=1S/C22H30N4O3S/c1-3-13-25(14-4-2)21-12-9-19(17-23-21)24-22(27)18-7-10-20(11-8-18)30(28,29)26-15-5-6-16-26/h7-12,17H,3-6,13-16H2,1-2H3,(H,24,27). The molecular formula is C22H30N4O3S. The van der Waals surface area contributed by atoms with Crippen LogP contribution in [-0.2, 0) is 10.0 Å². The Morgan fingerprint density at radius 1 is 1.03 bits per heavy atom. The number of carbonyl (C=O) groups is 1. The zero-order valence-corrected chi connectivity index (χ0v) is 18.5. The lowest BCUT2D eigenvalue weighted by Gasteiger charge is -2.22. The minimum absolute atomic E-state index is 0.221. The Kier molecular flexibility index (Phi) is 7.44. The average molecular weight is 431 g/mol. The van der Waals surface area contributed by atoms with Gasteiger partial charge in [0, 0.05) is 31.7 Å². The van der Waals surface area contributed by atoms with Gasteiger partial charge in [-0.15, -0.1) is 0 Å². The topological polar surface area (TPSA) is 82.6 Å². The molecule has 3 rings (SSSR count). The molecule has 0 unspecified atom stereocenters. The number of rotatable bonds is 9. The maximum absolute atomic E-state index is 12.6. The summed E-state index contributed by atoms with van der Waals surface area (Å²) in [7, 11) is -3.48. The largest absolute Gasteiger partial charge is 0.357 e. The van der Waals surface area contributed by atoms with E-state index in [9.17, 15) is 13.2 Å². The Morgan fingerprint density at radius 3 is 2.20 bits per heavy atom. The Balaban J connectivity index is 1.66. The van der Waals surface area contributed by atoms with Crippen molar-refractivity contribution in [1.29, 1.82) is 0 Å². The molecule has 2 heterocycles. The first-order chi connectivity index (χ1) is 14.5. The molecule has 1 aromatic heterocycles. The van der Waals surface area contributed by atoms with Crippen LogP contribution in [0.4, 0.5) is 11.5 Å². The number of carbonyl (C=O) groups excluding carboxylic acids is 1. The molecular weight excluding hydrogens is 400 g/mol. The summed E-state index contributed by atoms with van der Waals surface area (Å²) in [6.07, 6.45) is 5.52. The maximum atomic E-state index is 12.6. The Morgan fingerprint density at radius 2 is 1.67 bits per heavy atom. The van der Waals surface area contributed by atoms with E-state index < -0.39 is 10.0 Å². The predicted molar refractivity (Wildman–Crippen MR) is 119 cm³/mol. The van der Waals surface area contributed by atoms with Gasteiger partial charge in [0.15, 0.2) is 0 Å². The molecule has 1 aliphatic heterocycles. The van der Waals surface area contributed by atoms with Crippen LogP contribution in [0.1, 0.15) is 49.9 Å². The van der Waals surface area contributed by atoms with E-state index in [0.29, 0.717) is 24.3 Å². The van der Waals surface area contributed by atoms with Crippen LogP contribution in [0.3, 0.4) is 0 Å². The quantitative estimate of drug-likeness (QED) is 0.655. The normalized spacial score (nSPS) is 14.6. The van der Waals surface area contributed by atoms with E-state index in [1.807, 2.05) is 12.1 Å². The summed E-state index contributed by atoms with van der Waals surface area (Å²) in [5, 5.41) is 2.82. The molecule has 1 N–H and O–H groups in total. The number of hydrogen-bond donors (Lipinski definition) is 1. The van der Waals surface area contributed by atoms with Crippen LogP contribution >= 0.6 is 0 Å². The first-order valence-electron chi connectivity index (χ1n) is 10.6. The van der Waals surface area contributed by atoms with Crippen LogP contribution in [-0.4, -0.2) is 49.8 Å². The number of sulfonamides is 1. The molecule has 7 nitrogen and oxygen atoms in total.